The van der Waals surface area contributed by atoms with Crippen molar-refractivity contribution >= 4 is 45.6 Å². The molecular formula is C96H107N7. The maximum atomic E-state index is 6.20. The Kier molecular flexibility index (Phi) is 17.9. The number of amidine groups is 3. The third-order valence-corrected chi connectivity index (χ3v) is 21.2. The maximum absolute atomic E-state index is 6.20. The molecule has 7 nitrogen and oxygen atoms in total. The van der Waals surface area contributed by atoms with E-state index in [1.54, 1.807) is 0 Å². The van der Waals surface area contributed by atoms with E-state index in [9.17, 15) is 0 Å². The molecule has 10 aromatic rings. The van der Waals surface area contributed by atoms with Crippen LogP contribution in [0.25, 0.3) is 66.8 Å². The monoisotopic (exact) mass is 1360 g/mol. The summed E-state index contributed by atoms with van der Waals surface area (Å²) in [7, 11) is 0. The average Bonchev–Trinajstić information content (AvgIpc) is 1.57. The SMILES string of the molecule is CC(C)(C)c1ccc(C2=C(c3ccc(C(C)(C)C)cc3)/C3=N/c4[nH]c(c(-c5ccc(C(C)(C)C)cc5)c4-c4ccc(C(C)(C)C)cc4)C4N=C(N=c5[nH]c(c(-c6ccc(C(C)(C)C)cc6)c5-c5ccc(C(C)(C)C)cc5)=NC2=N3)C(c2ccc(C(C)(C)C)cc2)=C4c2ccc(C(C)(C)C)cc2)cc1. The van der Waals surface area contributed by atoms with Crippen molar-refractivity contribution in [2.24, 2.45) is 25.0 Å². The second-order valence-electron chi connectivity index (χ2n) is 37.3. The van der Waals surface area contributed by atoms with Crippen molar-refractivity contribution < 1.29 is 0 Å². The number of hydrogen-bond donors (Lipinski definition) is 2. The molecule has 103 heavy (non-hydrogen) atoms. The molecule has 13 rings (SSSR count). The molecule has 526 valence electrons. The summed E-state index contributed by atoms with van der Waals surface area (Å²) in [5, 5.41) is 0. The van der Waals surface area contributed by atoms with Gasteiger partial charge in [0.25, 0.3) is 0 Å². The summed E-state index contributed by atoms with van der Waals surface area (Å²) in [6, 6.07) is 72.5. The first-order valence-electron chi connectivity index (χ1n) is 37.2. The van der Waals surface area contributed by atoms with Gasteiger partial charge < -0.3 is 9.97 Å². The lowest BCUT2D eigenvalue weighted by Crippen LogP contribution is -2.16. The molecule has 0 saturated carbocycles. The van der Waals surface area contributed by atoms with Crippen LogP contribution in [0.4, 0.5) is 5.82 Å². The van der Waals surface area contributed by atoms with Crippen LogP contribution in [0.2, 0.25) is 0 Å². The summed E-state index contributed by atoms with van der Waals surface area (Å²) in [5.74, 6) is 2.33. The van der Waals surface area contributed by atoms with Crippen molar-refractivity contribution in [3.8, 4) is 44.5 Å². The minimum Gasteiger partial charge on any atom is -0.340 e. The Hall–Kier alpha value is -9.59. The minimum atomic E-state index is -0.655. The van der Waals surface area contributed by atoms with Crippen LogP contribution < -0.4 is 11.0 Å². The van der Waals surface area contributed by atoms with Crippen LogP contribution >= 0.6 is 0 Å². The fourth-order valence-corrected chi connectivity index (χ4v) is 14.5. The highest BCUT2D eigenvalue weighted by molar-refractivity contribution is 6.50. The number of nitrogens with one attached hydrogen (secondary N) is 2. The van der Waals surface area contributed by atoms with Crippen molar-refractivity contribution in [3.05, 3.63) is 278 Å². The zero-order chi connectivity index (χ0) is 74.1. The van der Waals surface area contributed by atoms with E-state index in [4.69, 9.17) is 25.0 Å². The first-order valence-corrected chi connectivity index (χ1v) is 37.2. The van der Waals surface area contributed by atoms with Gasteiger partial charge in [-0.3, -0.25) is 4.99 Å². The summed E-state index contributed by atoms with van der Waals surface area (Å²) < 4.78 is 0. The summed E-state index contributed by atoms with van der Waals surface area (Å²) in [6.07, 6.45) is 0. The molecule has 7 heteroatoms. The topological polar surface area (TPSA) is 93.4 Å². The van der Waals surface area contributed by atoms with Crippen LogP contribution in [0.1, 0.15) is 245 Å². The Morgan fingerprint density at radius 1 is 0.223 bits per heavy atom. The van der Waals surface area contributed by atoms with Gasteiger partial charge in [0.05, 0.1) is 5.69 Å². The number of hydrogen-bond acceptors (Lipinski definition) is 5. The Bertz CT molecular complexity index is 5190. The van der Waals surface area contributed by atoms with Crippen LogP contribution in [0, 0.1) is 0 Å². The first kappa shape index (κ1) is 71.8. The van der Waals surface area contributed by atoms with E-state index in [0.717, 1.165) is 94.7 Å². The largest absolute Gasteiger partial charge is 0.340 e. The van der Waals surface area contributed by atoms with Crippen LogP contribution in [0.15, 0.2) is 219 Å². The zero-order valence-electron chi connectivity index (χ0n) is 65.8. The quantitative estimate of drug-likeness (QED) is 0.152. The normalized spacial score (nSPS) is 16.0. The van der Waals surface area contributed by atoms with Crippen molar-refractivity contribution in [2.75, 3.05) is 0 Å². The minimum absolute atomic E-state index is 0.0978. The lowest BCUT2D eigenvalue weighted by Gasteiger charge is -2.22. The number of benzene rings is 8. The van der Waals surface area contributed by atoms with Gasteiger partial charge in [-0.15, -0.1) is 0 Å². The van der Waals surface area contributed by atoms with E-state index >= 15 is 0 Å². The van der Waals surface area contributed by atoms with E-state index in [2.05, 4.69) is 370 Å². The van der Waals surface area contributed by atoms with Gasteiger partial charge in [0.1, 0.15) is 22.8 Å². The lowest BCUT2D eigenvalue weighted by molar-refractivity contribution is 0.590. The van der Waals surface area contributed by atoms with Gasteiger partial charge >= 0.3 is 0 Å². The summed E-state index contributed by atoms with van der Waals surface area (Å²) in [4.78, 5) is 38.7. The van der Waals surface area contributed by atoms with E-state index < -0.39 is 6.04 Å². The van der Waals surface area contributed by atoms with E-state index in [-0.39, 0.29) is 43.3 Å². The molecule has 2 aromatic heterocycles. The Morgan fingerprint density at radius 2 is 0.466 bits per heavy atom. The molecule has 0 saturated heterocycles. The molecular weight excluding hydrogens is 1250 g/mol. The molecule has 3 aliphatic heterocycles. The van der Waals surface area contributed by atoms with E-state index in [0.29, 0.717) is 34.3 Å². The number of rotatable bonds is 8. The summed E-state index contributed by atoms with van der Waals surface area (Å²) in [5.41, 5.74) is 26.8. The molecule has 0 aliphatic carbocycles. The van der Waals surface area contributed by atoms with Gasteiger partial charge in [0.2, 0.25) is 0 Å². The lowest BCUT2D eigenvalue weighted by atomic mass is 9.82. The Balaban J connectivity index is 1.27. The number of aliphatic imine (C=N–C) groups is 3. The highest BCUT2D eigenvalue weighted by atomic mass is 15.1. The molecule has 1 atom stereocenters. The fraction of sp³-hybridized carbons (Fsp3) is 0.344. The molecule has 3 aliphatic rings. The van der Waals surface area contributed by atoms with Crippen LogP contribution in [0.5, 0.6) is 0 Å². The molecule has 8 bridgehead atoms. The van der Waals surface area contributed by atoms with Gasteiger partial charge in [-0.1, -0.05) is 360 Å². The number of aromatic amines is 2. The smallest absolute Gasteiger partial charge is 0.165 e. The van der Waals surface area contributed by atoms with Crippen molar-refractivity contribution in [2.45, 2.75) is 216 Å². The molecule has 0 radical (unpaired) electrons. The van der Waals surface area contributed by atoms with Crippen molar-refractivity contribution in [1.82, 2.24) is 9.97 Å². The molecule has 0 amide bonds. The van der Waals surface area contributed by atoms with Crippen molar-refractivity contribution in [3.63, 3.8) is 0 Å². The highest BCUT2D eigenvalue weighted by Crippen LogP contribution is 2.54. The van der Waals surface area contributed by atoms with Gasteiger partial charge in [0.15, 0.2) is 17.5 Å². The Morgan fingerprint density at radius 3 is 0.767 bits per heavy atom. The second-order valence-corrected chi connectivity index (χ2v) is 37.3. The van der Waals surface area contributed by atoms with Crippen LogP contribution in [-0.4, -0.2) is 27.5 Å². The number of H-pyrrole nitrogens is 2. The van der Waals surface area contributed by atoms with Crippen LogP contribution in [-0.2, 0) is 43.3 Å². The van der Waals surface area contributed by atoms with Gasteiger partial charge in [-0.2, -0.15) is 0 Å². The fourth-order valence-electron chi connectivity index (χ4n) is 14.5. The van der Waals surface area contributed by atoms with E-state index in [1.165, 1.54) is 44.5 Å². The molecule has 1 unspecified atom stereocenters. The van der Waals surface area contributed by atoms with Gasteiger partial charge in [0, 0.05) is 44.5 Å². The van der Waals surface area contributed by atoms with Gasteiger partial charge in [-0.05, 0) is 132 Å². The number of nitrogens with zero attached hydrogens (tertiary/aromatic N) is 5. The third kappa shape index (κ3) is 14.2. The average molecular weight is 1360 g/mol. The van der Waals surface area contributed by atoms with Crippen molar-refractivity contribution in [1.29, 1.82) is 0 Å². The first-order chi connectivity index (χ1) is 48.1. The predicted molar refractivity (Wildman–Crippen MR) is 439 cm³/mol. The summed E-state index contributed by atoms with van der Waals surface area (Å²) >= 11 is 0. The summed E-state index contributed by atoms with van der Waals surface area (Å²) in [6.45, 7) is 54.7. The van der Waals surface area contributed by atoms with E-state index in [1.807, 2.05) is 0 Å². The predicted octanol–water partition coefficient (Wildman–Crippen LogP) is 24.5. The molecule has 0 spiro atoms. The maximum Gasteiger partial charge on any atom is 0.165 e. The van der Waals surface area contributed by atoms with Gasteiger partial charge in [-0.25, -0.2) is 20.0 Å². The highest BCUT2D eigenvalue weighted by Gasteiger charge is 2.39. The number of aromatic nitrogens is 2. The third-order valence-electron chi connectivity index (χ3n) is 21.2. The molecule has 2 N–H and O–H groups in total. The number of fused-ring (bicyclic) bond motifs is 7. The van der Waals surface area contributed by atoms with Crippen LogP contribution in [0.3, 0.4) is 0 Å². The second kappa shape index (κ2) is 25.7. The standard InChI is InChI=1S/C96H107N7/c1-89(2,3)65-41-25-57(26-42-65)73-75(59-29-45-67(46-30-59)91(7,8)9)83-97-81(73)82-74(58-27-43-66(44-28-58)90(4,5)6)76(60-31-47-68(48-32-60)92(10,11)12)84(98-82)100-86-78(62-35-51-70(52-36-62)94(16,17)18)80(64-39-55-72(56-40-64)96(22,23)24)88(102-86)103-87-79(63-37-53-71(54-38-63)95(19,20)21)77(85(99-83)101-87)61-33-49-69(50-34-61)93(13,14)15/h25-56,81,98H,1-24H3,(H,97,99,100,101,102,103). The molecule has 0 fully saturated rings. The Labute approximate surface area is 614 Å². The molecule has 5 heterocycles. The zero-order valence-corrected chi connectivity index (χ0v) is 65.8. The molecule has 8 aromatic carbocycles.